The molecule has 2 heterocycles. The number of imide groups is 1. The third kappa shape index (κ3) is 2.89. The number of carbonyl (C=O) groups excluding carboxylic acids is 2. The molecule has 2 aliphatic heterocycles. The van der Waals surface area contributed by atoms with Gasteiger partial charge in [-0.15, -0.1) is 0 Å². The highest BCUT2D eigenvalue weighted by atomic mass is 35.5. The third-order valence-electron chi connectivity index (χ3n) is 4.87. The van der Waals surface area contributed by atoms with Crippen LogP contribution in [0.25, 0.3) is 0 Å². The molecule has 0 aromatic heterocycles. The minimum absolute atomic E-state index is 0.0797. The number of halogens is 2. The topological polar surface area (TPSA) is 67.9 Å². The van der Waals surface area contributed by atoms with Crippen LogP contribution in [0.1, 0.15) is 24.5 Å². The number of benzene rings is 2. The molecule has 1 atom stereocenters. The predicted molar refractivity (Wildman–Crippen MR) is 100 cm³/mol. The third-order valence-corrected chi connectivity index (χ3v) is 5.40. The molecule has 2 aliphatic rings. The zero-order valence-corrected chi connectivity index (χ0v) is 15.9. The van der Waals surface area contributed by atoms with E-state index in [1.807, 2.05) is 6.92 Å². The van der Waals surface area contributed by atoms with E-state index in [1.165, 1.54) is 4.90 Å². The Hall–Kier alpha value is -2.44. The monoisotopic (exact) mass is 406 g/mol. The first-order valence-electron chi connectivity index (χ1n) is 8.43. The van der Waals surface area contributed by atoms with Gasteiger partial charge in [0.05, 0.1) is 11.6 Å². The molecule has 0 aliphatic carbocycles. The van der Waals surface area contributed by atoms with Crippen LogP contribution in [-0.2, 0) is 16.9 Å². The maximum absolute atomic E-state index is 13.2. The summed E-state index contributed by atoms with van der Waals surface area (Å²) in [6, 6.07) is 9.86. The van der Waals surface area contributed by atoms with Crippen LogP contribution >= 0.6 is 23.2 Å². The van der Waals surface area contributed by atoms with E-state index in [-0.39, 0.29) is 19.2 Å². The molecule has 1 N–H and O–H groups in total. The molecule has 140 valence electrons. The van der Waals surface area contributed by atoms with Gasteiger partial charge in [0.1, 0.15) is 5.54 Å². The Labute approximate surface area is 165 Å². The van der Waals surface area contributed by atoms with Crippen molar-refractivity contribution in [3.05, 3.63) is 57.6 Å². The lowest BCUT2D eigenvalue weighted by Crippen LogP contribution is -2.43. The summed E-state index contributed by atoms with van der Waals surface area (Å²) in [5.74, 6) is 0.664. The van der Waals surface area contributed by atoms with Gasteiger partial charge in [0.2, 0.25) is 6.79 Å². The molecule has 27 heavy (non-hydrogen) atoms. The maximum Gasteiger partial charge on any atom is 0.325 e. The van der Waals surface area contributed by atoms with Crippen LogP contribution in [0.3, 0.4) is 0 Å². The van der Waals surface area contributed by atoms with Gasteiger partial charge in [0.15, 0.2) is 11.5 Å². The second-order valence-electron chi connectivity index (χ2n) is 6.40. The van der Waals surface area contributed by atoms with E-state index in [0.29, 0.717) is 39.1 Å². The number of nitrogens with zero attached hydrogens (tertiary/aromatic N) is 1. The lowest BCUT2D eigenvalue weighted by atomic mass is 9.87. The van der Waals surface area contributed by atoms with Gasteiger partial charge in [0.25, 0.3) is 5.91 Å². The maximum atomic E-state index is 13.2. The largest absolute Gasteiger partial charge is 0.454 e. The van der Waals surface area contributed by atoms with Crippen LogP contribution in [0.5, 0.6) is 11.5 Å². The zero-order valence-electron chi connectivity index (χ0n) is 14.4. The highest BCUT2D eigenvalue weighted by molar-refractivity contribution is 6.32. The van der Waals surface area contributed by atoms with Gasteiger partial charge in [0, 0.05) is 5.02 Å². The standard InChI is InChI=1S/C19H16Cl2N2O4/c1-2-19(12-3-5-13(20)6-4-12)17(24)23(18(25)22-19)9-11-7-14(21)16-15(8-11)26-10-27-16/h3-8H,2,9-10H2,1H3,(H,22,25). The molecule has 6 nitrogen and oxygen atoms in total. The van der Waals surface area contributed by atoms with Gasteiger partial charge in [-0.2, -0.15) is 0 Å². The fraction of sp³-hybridized carbons (Fsp3) is 0.263. The molecule has 1 saturated heterocycles. The molecular weight excluding hydrogens is 391 g/mol. The van der Waals surface area contributed by atoms with Crippen molar-refractivity contribution in [1.82, 2.24) is 10.2 Å². The Morgan fingerprint density at radius 2 is 1.89 bits per heavy atom. The molecule has 1 unspecified atom stereocenters. The lowest BCUT2D eigenvalue weighted by Gasteiger charge is -2.26. The van der Waals surface area contributed by atoms with Crippen molar-refractivity contribution in [3.63, 3.8) is 0 Å². The Balaban J connectivity index is 1.65. The van der Waals surface area contributed by atoms with Crippen molar-refractivity contribution in [2.45, 2.75) is 25.4 Å². The van der Waals surface area contributed by atoms with Crippen LogP contribution in [0.15, 0.2) is 36.4 Å². The number of fused-ring (bicyclic) bond motifs is 1. The zero-order chi connectivity index (χ0) is 19.2. The SMILES string of the molecule is CCC1(c2ccc(Cl)cc2)NC(=O)N(Cc2cc(Cl)c3c(c2)OCO3)C1=O. The van der Waals surface area contributed by atoms with E-state index in [2.05, 4.69) is 5.32 Å². The summed E-state index contributed by atoms with van der Waals surface area (Å²) in [5, 5.41) is 3.79. The molecule has 0 spiro atoms. The Morgan fingerprint density at radius 3 is 2.59 bits per heavy atom. The lowest BCUT2D eigenvalue weighted by molar-refractivity contribution is -0.132. The summed E-state index contributed by atoms with van der Waals surface area (Å²) in [5.41, 5.74) is 0.261. The van der Waals surface area contributed by atoms with Crippen LogP contribution in [0.2, 0.25) is 10.0 Å². The van der Waals surface area contributed by atoms with Gasteiger partial charge in [-0.05, 0) is 41.8 Å². The Morgan fingerprint density at radius 1 is 1.15 bits per heavy atom. The first-order chi connectivity index (χ1) is 12.9. The number of ether oxygens (including phenoxy) is 2. The first kappa shape index (κ1) is 17.9. The number of rotatable bonds is 4. The van der Waals surface area contributed by atoms with Gasteiger partial charge < -0.3 is 14.8 Å². The van der Waals surface area contributed by atoms with Crippen molar-refractivity contribution in [1.29, 1.82) is 0 Å². The minimum atomic E-state index is -1.11. The van der Waals surface area contributed by atoms with E-state index in [1.54, 1.807) is 36.4 Å². The smallest absolute Gasteiger partial charge is 0.325 e. The van der Waals surface area contributed by atoms with Crippen LogP contribution in [0, 0.1) is 0 Å². The van der Waals surface area contributed by atoms with Gasteiger partial charge in [-0.3, -0.25) is 9.69 Å². The quantitative estimate of drug-likeness (QED) is 0.776. The molecule has 0 bridgehead atoms. The fourth-order valence-corrected chi connectivity index (χ4v) is 3.85. The molecule has 3 amide bonds. The van der Waals surface area contributed by atoms with E-state index in [4.69, 9.17) is 32.7 Å². The normalized spacial score (nSPS) is 20.9. The van der Waals surface area contributed by atoms with Crippen molar-refractivity contribution < 1.29 is 19.1 Å². The number of nitrogens with one attached hydrogen (secondary N) is 1. The van der Waals surface area contributed by atoms with E-state index >= 15 is 0 Å². The van der Waals surface area contributed by atoms with E-state index in [9.17, 15) is 9.59 Å². The van der Waals surface area contributed by atoms with E-state index in [0.717, 1.165) is 0 Å². The molecule has 2 aromatic carbocycles. The number of urea groups is 1. The summed E-state index contributed by atoms with van der Waals surface area (Å²) in [6.45, 7) is 2.03. The summed E-state index contributed by atoms with van der Waals surface area (Å²) < 4.78 is 10.6. The van der Waals surface area contributed by atoms with Crippen molar-refractivity contribution in [2.75, 3.05) is 6.79 Å². The number of amides is 3. The summed E-state index contributed by atoms with van der Waals surface area (Å²) in [4.78, 5) is 27.0. The summed E-state index contributed by atoms with van der Waals surface area (Å²) in [6.07, 6.45) is 0.414. The second kappa shape index (κ2) is 6.62. The van der Waals surface area contributed by atoms with E-state index < -0.39 is 11.6 Å². The number of hydrogen-bond acceptors (Lipinski definition) is 4. The average molecular weight is 407 g/mol. The van der Waals surface area contributed by atoms with Crippen molar-refractivity contribution in [3.8, 4) is 11.5 Å². The highest BCUT2D eigenvalue weighted by Crippen LogP contribution is 2.41. The molecule has 0 saturated carbocycles. The minimum Gasteiger partial charge on any atom is -0.454 e. The Bertz CT molecular complexity index is 932. The van der Waals surface area contributed by atoms with Crippen LogP contribution in [0.4, 0.5) is 4.79 Å². The summed E-state index contributed by atoms with van der Waals surface area (Å²) in [7, 11) is 0. The van der Waals surface area contributed by atoms with Crippen LogP contribution < -0.4 is 14.8 Å². The van der Waals surface area contributed by atoms with Gasteiger partial charge in [-0.1, -0.05) is 42.3 Å². The predicted octanol–water partition coefficient (Wildman–Crippen LogP) is 4.08. The Kier molecular flexibility index (Phi) is 4.40. The van der Waals surface area contributed by atoms with Gasteiger partial charge in [-0.25, -0.2) is 4.79 Å². The molecule has 8 heteroatoms. The second-order valence-corrected chi connectivity index (χ2v) is 7.24. The highest BCUT2D eigenvalue weighted by Gasteiger charge is 2.51. The van der Waals surface area contributed by atoms with Crippen molar-refractivity contribution >= 4 is 35.1 Å². The van der Waals surface area contributed by atoms with Gasteiger partial charge >= 0.3 is 6.03 Å². The molecule has 1 fully saturated rings. The summed E-state index contributed by atoms with van der Waals surface area (Å²) >= 11 is 12.2. The fourth-order valence-electron chi connectivity index (χ4n) is 3.44. The molecule has 2 aromatic rings. The molecule has 0 radical (unpaired) electrons. The average Bonchev–Trinajstić information content (AvgIpc) is 3.21. The molecule has 4 rings (SSSR count). The van der Waals surface area contributed by atoms with Crippen LogP contribution in [-0.4, -0.2) is 23.6 Å². The number of carbonyl (C=O) groups is 2. The van der Waals surface area contributed by atoms with Crippen molar-refractivity contribution in [2.24, 2.45) is 0 Å². The molecular formula is C19H16Cl2N2O4. The first-order valence-corrected chi connectivity index (χ1v) is 9.18. The number of hydrogen-bond donors (Lipinski definition) is 1.